The Morgan fingerprint density at radius 2 is 2.00 bits per heavy atom. The molecule has 0 radical (unpaired) electrons. The van der Waals surface area contributed by atoms with Gasteiger partial charge in [-0.3, -0.25) is 4.90 Å². The number of rotatable bonds is 7. The summed E-state index contributed by atoms with van der Waals surface area (Å²) in [6.07, 6.45) is 2.22. The number of halogens is 1. The van der Waals surface area contributed by atoms with Gasteiger partial charge in [-0.1, -0.05) is 23.7 Å². The minimum atomic E-state index is 0.446. The number of thiazole rings is 1. The summed E-state index contributed by atoms with van der Waals surface area (Å²) in [6.45, 7) is 6.68. The van der Waals surface area contributed by atoms with E-state index in [0.29, 0.717) is 12.6 Å². The Balaban J connectivity index is 1.48. The zero-order chi connectivity index (χ0) is 20.6. The summed E-state index contributed by atoms with van der Waals surface area (Å²) in [5, 5.41) is 10.9. The van der Waals surface area contributed by atoms with E-state index in [2.05, 4.69) is 45.0 Å². The lowest BCUT2D eigenvalue weighted by Crippen LogP contribution is -2.48. The molecule has 29 heavy (non-hydrogen) atoms. The number of guanidine groups is 1. The second kappa shape index (κ2) is 10.8. The summed E-state index contributed by atoms with van der Waals surface area (Å²) >= 11 is 7.63. The Bertz CT molecular complexity index is 781. The highest BCUT2D eigenvalue weighted by atomic mass is 35.5. The van der Waals surface area contributed by atoms with E-state index in [1.807, 2.05) is 31.1 Å². The summed E-state index contributed by atoms with van der Waals surface area (Å²) in [4.78, 5) is 13.9. The lowest BCUT2D eigenvalue weighted by Gasteiger charge is -2.33. The number of aliphatic imine (C=N–C) groups is 1. The van der Waals surface area contributed by atoms with Crippen LogP contribution in [0, 0.1) is 0 Å². The highest BCUT2D eigenvalue weighted by molar-refractivity contribution is 7.13. The molecule has 0 saturated carbocycles. The normalized spacial score (nSPS) is 16.1. The van der Waals surface area contributed by atoms with Crippen LogP contribution in [0.25, 0.3) is 0 Å². The van der Waals surface area contributed by atoms with Gasteiger partial charge in [0.1, 0.15) is 0 Å². The summed E-state index contributed by atoms with van der Waals surface area (Å²) < 4.78 is 0. The minimum Gasteiger partial charge on any atom is -0.357 e. The summed E-state index contributed by atoms with van der Waals surface area (Å²) in [6, 6.07) is 8.61. The van der Waals surface area contributed by atoms with Crippen molar-refractivity contribution in [3.63, 3.8) is 0 Å². The van der Waals surface area contributed by atoms with Crippen LogP contribution in [-0.2, 0) is 13.1 Å². The quantitative estimate of drug-likeness (QED) is 0.515. The maximum atomic E-state index is 5.98. The lowest BCUT2D eigenvalue weighted by molar-refractivity contribution is 0.198. The third-order valence-electron chi connectivity index (χ3n) is 4.91. The van der Waals surface area contributed by atoms with Gasteiger partial charge in [0.15, 0.2) is 11.1 Å². The van der Waals surface area contributed by atoms with Crippen molar-refractivity contribution in [2.75, 3.05) is 38.6 Å². The smallest absolute Gasteiger partial charge is 0.191 e. The van der Waals surface area contributed by atoms with Gasteiger partial charge in [0, 0.05) is 56.7 Å². The van der Waals surface area contributed by atoms with Gasteiger partial charge in [0.05, 0.1) is 12.2 Å². The first-order valence-corrected chi connectivity index (χ1v) is 11.4. The first-order chi connectivity index (χ1) is 14.0. The minimum absolute atomic E-state index is 0.446. The molecule has 2 heterocycles. The Labute approximate surface area is 183 Å². The molecule has 0 aliphatic carbocycles. The first-order valence-electron chi connectivity index (χ1n) is 10.2. The van der Waals surface area contributed by atoms with Crippen LogP contribution >= 0.6 is 22.9 Å². The molecule has 6 nitrogen and oxygen atoms in total. The van der Waals surface area contributed by atoms with Gasteiger partial charge in [-0.2, -0.15) is 0 Å². The lowest BCUT2D eigenvalue weighted by atomic mass is 10.0. The highest BCUT2D eigenvalue weighted by Crippen LogP contribution is 2.19. The summed E-state index contributed by atoms with van der Waals surface area (Å²) in [5.41, 5.74) is 2.32. The fourth-order valence-electron chi connectivity index (χ4n) is 3.33. The number of benzene rings is 1. The molecule has 2 N–H and O–H groups in total. The standard InChI is InChI=1S/C21H31ClN6S/c1-4-23-20(24-13-19-15-29-21(26-19)27(2)3)25-18-9-11-28(12-10-18)14-16-5-7-17(22)8-6-16/h5-8,15,18H,4,9-14H2,1-3H3,(H2,23,24,25). The molecule has 0 bridgehead atoms. The van der Waals surface area contributed by atoms with Crippen LogP contribution in [0.15, 0.2) is 34.6 Å². The number of piperidine rings is 1. The maximum Gasteiger partial charge on any atom is 0.191 e. The average Bonchev–Trinajstić information content (AvgIpc) is 3.19. The van der Waals surface area contributed by atoms with Crippen LogP contribution in [0.2, 0.25) is 5.02 Å². The molecule has 2 aromatic rings. The van der Waals surface area contributed by atoms with Crippen molar-refractivity contribution in [1.82, 2.24) is 20.5 Å². The van der Waals surface area contributed by atoms with Gasteiger partial charge in [0.2, 0.25) is 0 Å². The summed E-state index contributed by atoms with van der Waals surface area (Å²) in [7, 11) is 4.02. The van der Waals surface area contributed by atoms with Crippen molar-refractivity contribution >= 4 is 34.0 Å². The molecule has 0 spiro atoms. The van der Waals surface area contributed by atoms with Crippen LogP contribution in [0.5, 0.6) is 0 Å². The van der Waals surface area contributed by atoms with Gasteiger partial charge in [-0.15, -0.1) is 11.3 Å². The van der Waals surface area contributed by atoms with Crippen molar-refractivity contribution in [2.45, 2.75) is 38.9 Å². The topological polar surface area (TPSA) is 55.8 Å². The molecule has 3 rings (SSSR count). The zero-order valence-electron chi connectivity index (χ0n) is 17.5. The van der Waals surface area contributed by atoms with E-state index in [1.54, 1.807) is 11.3 Å². The van der Waals surface area contributed by atoms with Gasteiger partial charge in [0.25, 0.3) is 0 Å². The molecule has 1 aliphatic rings. The van der Waals surface area contributed by atoms with Crippen LogP contribution in [-0.4, -0.2) is 55.6 Å². The largest absolute Gasteiger partial charge is 0.357 e. The number of hydrogen-bond donors (Lipinski definition) is 2. The molecule has 158 valence electrons. The van der Waals surface area contributed by atoms with Gasteiger partial charge < -0.3 is 15.5 Å². The van der Waals surface area contributed by atoms with Crippen molar-refractivity contribution < 1.29 is 0 Å². The van der Waals surface area contributed by atoms with E-state index in [9.17, 15) is 0 Å². The van der Waals surface area contributed by atoms with Crippen molar-refractivity contribution in [2.24, 2.45) is 4.99 Å². The number of nitrogens with zero attached hydrogens (tertiary/aromatic N) is 4. The zero-order valence-corrected chi connectivity index (χ0v) is 19.1. The van der Waals surface area contributed by atoms with E-state index >= 15 is 0 Å². The first kappa shape index (κ1) is 21.9. The fraction of sp³-hybridized carbons (Fsp3) is 0.524. The molecule has 1 aliphatic heterocycles. The van der Waals surface area contributed by atoms with E-state index in [1.165, 1.54) is 5.56 Å². The number of anilines is 1. The van der Waals surface area contributed by atoms with Crippen LogP contribution < -0.4 is 15.5 Å². The second-order valence-electron chi connectivity index (χ2n) is 7.53. The monoisotopic (exact) mass is 434 g/mol. The molecule has 8 heteroatoms. The number of aromatic nitrogens is 1. The van der Waals surface area contributed by atoms with Crippen LogP contribution in [0.1, 0.15) is 31.0 Å². The maximum absolute atomic E-state index is 5.98. The highest BCUT2D eigenvalue weighted by Gasteiger charge is 2.20. The SMILES string of the molecule is CCNC(=NCc1csc(N(C)C)n1)NC1CCN(Cc2ccc(Cl)cc2)CC1. The van der Waals surface area contributed by atoms with Crippen molar-refractivity contribution in [3.05, 3.63) is 45.9 Å². The summed E-state index contributed by atoms with van der Waals surface area (Å²) in [5.74, 6) is 0.878. The third kappa shape index (κ3) is 6.87. The molecule has 1 aromatic carbocycles. The number of nitrogens with one attached hydrogen (secondary N) is 2. The molecule has 0 unspecified atom stereocenters. The van der Waals surface area contributed by atoms with E-state index in [-0.39, 0.29) is 0 Å². The Morgan fingerprint density at radius 1 is 1.28 bits per heavy atom. The predicted molar refractivity (Wildman–Crippen MR) is 124 cm³/mol. The van der Waals surface area contributed by atoms with E-state index in [0.717, 1.165) is 60.8 Å². The molecule has 0 amide bonds. The number of hydrogen-bond acceptors (Lipinski definition) is 5. The molecule has 0 atom stereocenters. The van der Waals surface area contributed by atoms with Gasteiger partial charge in [-0.05, 0) is 37.5 Å². The second-order valence-corrected chi connectivity index (χ2v) is 8.81. The third-order valence-corrected chi connectivity index (χ3v) is 6.22. The predicted octanol–water partition coefficient (Wildman–Crippen LogP) is 3.58. The molecule has 1 fully saturated rings. The fourth-order valence-corrected chi connectivity index (χ4v) is 4.21. The van der Waals surface area contributed by atoms with Crippen molar-refractivity contribution in [1.29, 1.82) is 0 Å². The Kier molecular flexibility index (Phi) is 8.15. The van der Waals surface area contributed by atoms with E-state index in [4.69, 9.17) is 16.6 Å². The molecular formula is C21H31ClN6S. The molecule has 1 aromatic heterocycles. The van der Waals surface area contributed by atoms with Crippen LogP contribution in [0.4, 0.5) is 5.13 Å². The Morgan fingerprint density at radius 3 is 2.62 bits per heavy atom. The van der Waals surface area contributed by atoms with Crippen molar-refractivity contribution in [3.8, 4) is 0 Å². The van der Waals surface area contributed by atoms with Gasteiger partial charge in [-0.25, -0.2) is 9.98 Å². The Hall–Kier alpha value is -1.83. The van der Waals surface area contributed by atoms with E-state index < -0.39 is 0 Å². The molecule has 1 saturated heterocycles. The molecular weight excluding hydrogens is 404 g/mol. The van der Waals surface area contributed by atoms with Gasteiger partial charge >= 0.3 is 0 Å². The average molecular weight is 435 g/mol. The number of likely N-dealkylation sites (tertiary alicyclic amines) is 1. The van der Waals surface area contributed by atoms with Crippen LogP contribution in [0.3, 0.4) is 0 Å².